The van der Waals surface area contributed by atoms with Gasteiger partial charge in [-0.25, -0.2) is 19.9 Å². The summed E-state index contributed by atoms with van der Waals surface area (Å²) in [7, 11) is 0. The smallest absolute Gasteiger partial charge is 0.245 e. The predicted octanol–water partition coefficient (Wildman–Crippen LogP) is 11.4. The number of hydrogen-bond acceptors (Lipinski definition) is 9. The molecule has 0 aliphatic heterocycles. The zero-order valence-electron chi connectivity index (χ0n) is 37.8. The lowest BCUT2D eigenvalue weighted by molar-refractivity contribution is 0.101. The number of ketones is 5. The highest BCUT2D eigenvalue weighted by atomic mass is 16.2. The number of rotatable bonds is 15. The van der Waals surface area contributed by atoms with Crippen molar-refractivity contribution in [2.45, 2.75) is 0 Å². The number of Topliss-reactive ketones (excluding diaryl/α,β-unsaturated/α-hetero) is 3. The first-order valence-electron chi connectivity index (χ1n) is 22.3. The van der Waals surface area contributed by atoms with Crippen LogP contribution in [-0.4, -0.2) is 55.5 Å². The summed E-state index contributed by atoms with van der Waals surface area (Å²) < 4.78 is 0. The van der Waals surface area contributed by atoms with E-state index in [-0.39, 0.29) is 22.3 Å². The fourth-order valence-corrected chi connectivity index (χ4v) is 7.73. The Balaban J connectivity index is 1.09. The van der Waals surface area contributed by atoms with E-state index in [9.17, 15) is 24.0 Å². The maximum atomic E-state index is 14.6. The van der Waals surface area contributed by atoms with Crippen molar-refractivity contribution in [3.63, 3.8) is 0 Å². The Labute approximate surface area is 408 Å². The minimum Gasteiger partial charge on any atom is -0.334 e. The molecule has 0 bridgehead atoms. The average molecular weight is 925 g/mol. The molecule has 8 aromatic carbocycles. The second-order valence-corrected chi connectivity index (χ2v) is 16.2. The van der Waals surface area contributed by atoms with Crippen molar-refractivity contribution in [3.05, 3.63) is 270 Å². The maximum absolute atomic E-state index is 14.6. The molecule has 0 aliphatic carbocycles. The van der Waals surface area contributed by atoms with Gasteiger partial charge in [0.2, 0.25) is 46.4 Å². The molecule has 1 heterocycles. The largest absolute Gasteiger partial charge is 0.334 e. The molecule has 71 heavy (non-hydrogen) atoms. The van der Waals surface area contributed by atoms with Gasteiger partial charge in [-0.2, -0.15) is 0 Å². The molecular formula is C60H40N6O5. The van der Waals surface area contributed by atoms with Crippen LogP contribution in [0.2, 0.25) is 0 Å². The van der Waals surface area contributed by atoms with Crippen LogP contribution in [0.1, 0.15) is 63.7 Å². The van der Waals surface area contributed by atoms with Crippen LogP contribution in [0.5, 0.6) is 0 Å². The standard InChI is InChI=1S/C60H40N6O5/c1-38(62-58(53(69)48-31-15-27-44(35-48)40-20-8-3-9-21-40)63-56(61)52(68)47-30-14-26-43(34-47)39-18-6-2-7-19-39)51(67)57-64-59(54(70)49-32-16-28-45(36-49)41-22-10-4-11-23-41)66-60(65-57)55(71)50-33-17-29-46(37-50)42-24-12-5-13-25-42/h2-37H,1H2,(H2,61,62,63). The number of nitrogens with one attached hydrogen (secondary N) is 2. The molecule has 0 amide bonds. The van der Waals surface area contributed by atoms with Crippen LogP contribution in [0.4, 0.5) is 0 Å². The normalized spacial score (nSPS) is 11.0. The maximum Gasteiger partial charge on any atom is 0.245 e. The van der Waals surface area contributed by atoms with Crippen molar-refractivity contribution in [3.8, 4) is 44.5 Å². The Morgan fingerprint density at radius 2 is 0.676 bits per heavy atom. The van der Waals surface area contributed by atoms with Crippen molar-refractivity contribution in [1.82, 2.24) is 20.3 Å². The minimum atomic E-state index is -1.04. The summed E-state index contributed by atoms with van der Waals surface area (Å²) in [5.41, 5.74) is 6.30. The minimum absolute atomic E-state index is 0.112. The number of hydrogen-bond donors (Lipinski definition) is 2. The Hall–Kier alpha value is -10.0. The van der Waals surface area contributed by atoms with Gasteiger partial charge in [-0.05, 0) is 68.8 Å². The summed E-state index contributed by atoms with van der Waals surface area (Å²) in [6.45, 7) is 3.90. The molecule has 0 atom stereocenters. The molecule has 11 heteroatoms. The molecule has 0 spiro atoms. The van der Waals surface area contributed by atoms with Gasteiger partial charge in [0, 0.05) is 22.3 Å². The van der Waals surface area contributed by atoms with Gasteiger partial charge in [-0.15, -0.1) is 0 Å². The van der Waals surface area contributed by atoms with E-state index >= 15 is 0 Å². The van der Waals surface area contributed by atoms with Crippen LogP contribution in [0.25, 0.3) is 44.5 Å². The van der Waals surface area contributed by atoms with Crippen LogP contribution in [0.15, 0.2) is 236 Å². The molecule has 0 radical (unpaired) electrons. The summed E-state index contributed by atoms with van der Waals surface area (Å²) in [5, 5.41) is 11.5. The van der Waals surface area contributed by atoms with Gasteiger partial charge in [-0.3, -0.25) is 29.4 Å². The first-order valence-corrected chi connectivity index (χ1v) is 22.3. The number of amidine groups is 2. The van der Waals surface area contributed by atoms with Crippen molar-refractivity contribution < 1.29 is 24.0 Å². The van der Waals surface area contributed by atoms with Crippen molar-refractivity contribution >= 4 is 40.6 Å². The molecule has 9 rings (SSSR count). The number of benzene rings is 8. The van der Waals surface area contributed by atoms with Crippen LogP contribution >= 0.6 is 0 Å². The first kappa shape index (κ1) is 46.1. The Kier molecular flexibility index (Phi) is 13.6. The van der Waals surface area contributed by atoms with E-state index < -0.39 is 63.8 Å². The van der Waals surface area contributed by atoms with E-state index in [0.29, 0.717) is 5.56 Å². The molecule has 0 saturated carbocycles. The monoisotopic (exact) mass is 924 g/mol. The lowest BCUT2D eigenvalue weighted by atomic mass is 10.0. The molecule has 9 aromatic rings. The zero-order chi connectivity index (χ0) is 49.3. The summed E-state index contributed by atoms with van der Waals surface area (Å²) >= 11 is 0. The summed E-state index contributed by atoms with van der Waals surface area (Å²) in [6, 6.07) is 64.4. The highest BCUT2D eigenvalue weighted by Crippen LogP contribution is 2.25. The van der Waals surface area contributed by atoms with Crippen molar-refractivity contribution in [2.24, 2.45) is 4.99 Å². The Bertz CT molecular complexity index is 3460. The highest BCUT2D eigenvalue weighted by Gasteiger charge is 2.27. The quantitative estimate of drug-likeness (QED) is 0.0439. The van der Waals surface area contributed by atoms with Crippen LogP contribution in [0, 0.1) is 5.41 Å². The third kappa shape index (κ3) is 10.6. The Morgan fingerprint density at radius 3 is 1.06 bits per heavy atom. The zero-order valence-corrected chi connectivity index (χ0v) is 37.8. The molecule has 340 valence electrons. The fraction of sp³-hybridized carbons (Fsp3) is 0. The highest BCUT2D eigenvalue weighted by molar-refractivity contribution is 6.52. The number of carbonyl (C=O) groups is 5. The van der Waals surface area contributed by atoms with Crippen molar-refractivity contribution in [1.29, 1.82) is 5.41 Å². The van der Waals surface area contributed by atoms with Crippen LogP contribution in [-0.2, 0) is 0 Å². The molecule has 2 N–H and O–H groups in total. The summed E-state index contributed by atoms with van der Waals surface area (Å²) in [4.78, 5) is 88.8. The molecule has 0 aliphatic rings. The second-order valence-electron chi connectivity index (χ2n) is 16.2. The van der Waals surface area contributed by atoms with Gasteiger partial charge in [0.1, 0.15) is 0 Å². The molecule has 1 aromatic heterocycles. The van der Waals surface area contributed by atoms with E-state index in [0.717, 1.165) is 38.9 Å². The number of carbonyl (C=O) groups excluding carboxylic acids is 5. The van der Waals surface area contributed by atoms with E-state index in [4.69, 9.17) is 5.41 Å². The van der Waals surface area contributed by atoms with Gasteiger partial charge in [-0.1, -0.05) is 201 Å². The predicted molar refractivity (Wildman–Crippen MR) is 275 cm³/mol. The SMILES string of the molecule is C=C(NC(=NC(=N)C(=O)c1cccc(-c2ccccc2)c1)C(=O)c1cccc(-c2ccccc2)c1)C(=O)c1nc(C(=O)c2cccc(-c3ccccc3)c2)nc(C(=O)c2cccc(-c3ccccc3)c2)n1. The van der Waals surface area contributed by atoms with Gasteiger partial charge < -0.3 is 5.32 Å². The van der Waals surface area contributed by atoms with E-state index in [1.165, 1.54) is 12.1 Å². The van der Waals surface area contributed by atoms with Crippen molar-refractivity contribution in [2.75, 3.05) is 0 Å². The summed E-state index contributed by atoms with van der Waals surface area (Å²) in [5.74, 6) is -7.11. The Morgan fingerprint density at radius 1 is 0.366 bits per heavy atom. The van der Waals surface area contributed by atoms with Gasteiger partial charge in [0.25, 0.3) is 0 Å². The average Bonchev–Trinajstić information content (AvgIpc) is 3.44. The topological polar surface area (TPSA) is 172 Å². The lowest BCUT2D eigenvalue weighted by Gasteiger charge is -2.13. The molecule has 0 fully saturated rings. The van der Waals surface area contributed by atoms with Gasteiger partial charge in [0.15, 0.2) is 11.7 Å². The van der Waals surface area contributed by atoms with Crippen LogP contribution in [0.3, 0.4) is 0 Å². The third-order valence-electron chi connectivity index (χ3n) is 11.4. The third-order valence-corrected chi connectivity index (χ3v) is 11.4. The molecular weight excluding hydrogens is 885 g/mol. The number of nitrogens with zero attached hydrogens (tertiary/aromatic N) is 4. The van der Waals surface area contributed by atoms with E-state index in [1.54, 1.807) is 60.7 Å². The first-order chi connectivity index (χ1) is 34.6. The molecule has 0 saturated heterocycles. The van der Waals surface area contributed by atoms with Crippen LogP contribution < -0.4 is 5.32 Å². The number of aliphatic imine (C=N–C) groups is 1. The van der Waals surface area contributed by atoms with Gasteiger partial charge >= 0.3 is 0 Å². The molecule has 11 nitrogen and oxygen atoms in total. The fourth-order valence-electron chi connectivity index (χ4n) is 7.73. The number of allylic oxidation sites excluding steroid dienone is 1. The van der Waals surface area contributed by atoms with E-state index in [1.807, 2.05) is 146 Å². The van der Waals surface area contributed by atoms with Gasteiger partial charge in [0.05, 0.1) is 5.70 Å². The molecule has 0 unspecified atom stereocenters. The lowest BCUT2D eigenvalue weighted by Crippen LogP contribution is -2.35. The number of aromatic nitrogens is 3. The second kappa shape index (κ2) is 20.9. The summed E-state index contributed by atoms with van der Waals surface area (Å²) in [6.07, 6.45) is 0. The van der Waals surface area contributed by atoms with E-state index in [2.05, 4.69) is 31.8 Å².